The van der Waals surface area contributed by atoms with Gasteiger partial charge < -0.3 is 0 Å². The predicted octanol–water partition coefficient (Wildman–Crippen LogP) is 4.81. The summed E-state index contributed by atoms with van der Waals surface area (Å²) in [5.74, 6) is 8.66. The third-order valence-electron chi connectivity index (χ3n) is 4.73. The van der Waals surface area contributed by atoms with Gasteiger partial charge in [-0.2, -0.15) is 0 Å². The lowest BCUT2D eigenvalue weighted by atomic mass is 9.94. The lowest BCUT2D eigenvalue weighted by molar-refractivity contribution is 0.494. The van der Waals surface area contributed by atoms with Gasteiger partial charge in [-0.05, 0) is 43.2 Å². The van der Waals surface area contributed by atoms with Gasteiger partial charge >= 0.3 is 0 Å². The van der Waals surface area contributed by atoms with E-state index in [2.05, 4.69) is 61.2 Å². The molecule has 1 saturated carbocycles. The fourth-order valence-corrected chi connectivity index (χ4v) is 3.58. The van der Waals surface area contributed by atoms with Gasteiger partial charge in [-0.3, -0.25) is 0 Å². The Morgan fingerprint density at radius 2 is 2.11 bits per heavy atom. The van der Waals surface area contributed by atoms with Crippen molar-refractivity contribution < 1.29 is 0 Å². The van der Waals surface area contributed by atoms with Crippen LogP contribution in [0.4, 0.5) is 0 Å². The van der Waals surface area contributed by atoms with Crippen molar-refractivity contribution in [1.82, 2.24) is 0 Å². The van der Waals surface area contributed by atoms with Crippen LogP contribution in [0.2, 0.25) is 0 Å². The summed E-state index contributed by atoms with van der Waals surface area (Å²) in [7, 11) is 0. The number of allylic oxidation sites excluding steroid dienone is 2. The second-order valence-corrected chi connectivity index (χ2v) is 5.90. The van der Waals surface area contributed by atoms with Gasteiger partial charge in [0.1, 0.15) is 0 Å². The highest BCUT2D eigenvalue weighted by Crippen LogP contribution is 2.65. The Bertz CT molecular complexity index is 514. The standard InChI is InChI=1S/C19H22/c1-2-3-14-19(17-11-7-8-12-18(17)19)15-13-16-9-5-4-6-10-16/h4-7,9-11,17-18H,2-3,8,12,14H2,1H3. The average molecular weight is 250 g/mol. The first-order valence-corrected chi connectivity index (χ1v) is 7.62. The molecule has 0 heterocycles. The normalized spacial score (nSPS) is 31.2. The Kier molecular flexibility index (Phi) is 3.47. The van der Waals surface area contributed by atoms with Crippen molar-refractivity contribution in [2.75, 3.05) is 0 Å². The summed E-state index contributed by atoms with van der Waals surface area (Å²) in [6.45, 7) is 2.28. The molecule has 0 saturated heterocycles. The Morgan fingerprint density at radius 3 is 2.79 bits per heavy atom. The Balaban J connectivity index is 1.82. The van der Waals surface area contributed by atoms with Crippen LogP contribution in [-0.2, 0) is 0 Å². The quantitative estimate of drug-likeness (QED) is 0.533. The summed E-state index contributed by atoms with van der Waals surface area (Å²) in [4.78, 5) is 0. The number of hydrogen-bond acceptors (Lipinski definition) is 0. The topological polar surface area (TPSA) is 0 Å². The molecule has 0 bridgehead atoms. The molecule has 1 fully saturated rings. The summed E-state index contributed by atoms with van der Waals surface area (Å²) >= 11 is 0. The number of benzene rings is 1. The minimum absolute atomic E-state index is 0.304. The summed E-state index contributed by atoms with van der Waals surface area (Å²) in [6.07, 6.45) is 11.3. The van der Waals surface area contributed by atoms with E-state index in [9.17, 15) is 0 Å². The lowest BCUT2D eigenvalue weighted by Gasteiger charge is -2.09. The molecular formula is C19H22. The van der Waals surface area contributed by atoms with Gasteiger partial charge in [0.05, 0.1) is 0 Å². The van der Waals surface area contributed by atoms with Crippen molar-refractivity contribution in [1.29, 1.82) is 0 Å². The smallest absolute Gasteiger partial charge is 0.0418 e. The molecule has 0 amide bonds. The molecule has 0 radical (unpaired) electrons. The van der Waals surface area contributed by atoms with Crippen molar-refractivity contribution in [3.63, 3.8) is 0 Å². The third-order valence-corrected chi connectivity index (χ3v) is 4.73. The minimum atomic E-state index is 0.304. The number of hydrogen-bond donors (Lipinski definition) is 0. The first-order valence-electron chi connectivity index (χ1n) is 7.62. The minimum Gasteiger partial charge on any atom is -0.0901 e. The fraction of sp³-hybridized carbons (Fsp3) is 0.474. The second-order valence-electron chi connectivity index (χ2n) is 5.90. The van der Waals surface area contributed by atoms with Gasteiger partial charge in [-0.25, -0.2) is 0 Å². The largest absolute Gasteiger partial charge is 0.0901 e. The molecule has 19 heavy (non-hydrogen) atoms. The maximum atomic E-state index is 3.66. The molecule has 1 aromatic rings. The molecule has 3 unspecified atom stereocenters. The average Bonchev–Trinajstić information content (AvgIpc) is 3.13. The molecule has 0 spiro atoms. The van der Waals surface area contributed by atoms with E-state index in [1.165, 1.54) is 32.1 Å². The SMILES string of the molecule is CCCCC1(C#Cc2ccccc2)C2C=CCCC21. The van der Waals surface area contributed by atoms with Crippen molar-refractivity contribution in [2.45, 2.75) is 39.0 Å². The van der Waals surface area contributed by atoms with Gasteiger partial charge in [0.2, 0.25) is 0 Å². The third kappa shape index (κ3) is 2.35. The van der Waals surface area contributed by atoms with Gasteiger partial charge in [-0.15, -0.1) is 0 Å². The molecule has 98 valence electrons. The molecule has 1 aromatic carbocycles. The van der Waals surface area contributed by atoms with E-state index in [4.69, 9.17) is 0 Å². The first-order chi connectivity index (χ1) is 9.37. The monoisotopic (exact) mass is 250 g/mol. The molecular weight excluding hydrogens is 228 g/mol. The van der Waals surface area contributed by atoms with E-state index in [1.807, 2.05) is 0 Å². The van der Waals surface area contributed by atoms with Gasteiger partial charge in [0.25, 0.3) is 0 Å². The summed E-state index contributed by atoms with van der Waals surface area (Å²) in [6, 6.07) is 10.4. The maximum Gasteiger partial charge on any atom is 0.0418 e. The van der Waals surface area contributed by atoms with E-state index in [1.54, 1.807) is 0 Å². The molecule has 0 aromatic heterocycles. The fourth-order valence-electron chi connectivity index (χ4n) is 3.58. The van der Waals surface area contributed by atoms with Crippen molar-refractivity contribution in [3.05, 3.63) is 48.0 Å². The zero-order valence-corrected chi connectivity index (χ0v) is 11.7. The molecule has 3 rings (SSSR count). The molecule has 0 N–H and O–H groups in total. The Morgan fingerprint density at radius 1 is 1.26 bits per heavy atom. The van der Waals surface area contributed by atoms with Gasteiger partial charge in [0.15, 0.2) is 0 Å². The van der Waals surface area contributed by atoms with E-state index in [-0.39, 0.29) is 0 Å². The Hall–Kier alpha value is -1.48. The zero-order valence-electron chi connectivity index (χ0n) is 11.7. The molecule has 2 aliphatic rings. The number of unbranched alkanes of at least 4 members (excludes halogenated alkanes) is 1. The van der Waals surface area contributed by atoms with E-state index in [0.717, 1.165) is 17.4 Å². The van der Waals surface area contributed by atoms with Crippen LogP contribution in [-0.4, -0.2) is 0 Å². The van der Waals surface area contributed by atoms with Crippen LogP contribution < -0.4 is 0 Å². The molecule has 3 atom stereocenters. The maximum absolute atomic E-state index is 3.66. The van der Waals surface area contributed by atoms with Crippen molar-refractivity contribution in [3.8, 4) is 11.8 Å². The molecule has 0 heteroatoms. The van der Waals surface area contributed by atoms with Crippen molar-refractivity contribution >= 4 is 0 Å². The van der Waals surface area contributed by atoms with E-state index in [0.29, 0.717) is 5.41 Å². The summed E-state index contributed by atoms with van der Waals surface area (Å²) < 4.78 is 0. The van der Waals surface area contributed by atoms with Gasteiger partial charge in [0, 0.05) is 11.0 Å². The highest BCUT2D eigenvalue weighted by atomic mass is 14.6. The predicted molar refractivity (Wildman–Crippen MR) is 80.6 cm³/mol. The Labute approximate surface area is 116 Å². The summed E-state index contributed by atoms with van der Waals surface area (Å²) in [5, 5.41) is 0. The van der Waals surface area contributed by atoms with Gasteiger partial charge in [-0.1, -0.05) is 62.0 Å². The van der Waals surface area contributed by atoms with Crippen LogP contribution >= 0.6 is 0 Å². The van der Waals surface area contributed by atoms with E-state index < -0.39 is 0 Å². The van der Waals surface area contributed by atoms with Crippen LogP contribution in [0.5, 0.6) is 0 Å². The van der Waals surface area contributed by atoms with Crippen LogP contribution in [0, 0.1) is 29.1 Å². The molecule has 2 aliphatic carbocycles. The highest BCUT2D eigenvalue weighted by Gasteiger charge is 2.61. The number of rotatable bonds is 3. The first kappa shape index (κ1) is 12.5. The van der Waals surface area contributed by atoms with Crippen LogP contribution in [0.15, 0.2) is 42.5 Å². The van der Waals surface area contributed by atoms with Crippen molar-refractivity contribution in [2.24, 2.45) is 17.3 Å². The highest BCUT2D eigenvalue weighted by molar-refractivity contribution is 5.41. The zero-order chi connectivity index (χ0) is 13.1. The second kappa shape index (κ2) is 5.25. The van der Waals surface area contributed by atoms with Crippen LogP contribution in [0.3, 0.4) is 0 Å². The van der Waals surface area contributed by atoms with E-state index >= 15 is 0 Å². The van der Waals surface area contributed by atoms with Crippen LogP contribution in [0.1, 0.15) is 44.6 Å². The number of fused-ring (bicyclic) bond motifs is 1. The molecule has 0 nitrogen and oxygen atoms in total. The molecule has 0 aliphatic heterocycles. The van der Waals surface area contributed by atoms with Crippen LogP contribution in [0.25, 0.3) is 0 Å². The summed E-state index contributed by atoms with van der Waals surface area (Å²) in [5.41, 5.74) is 1.46. The lowest BCUT2D eigenvalue weighted by Crippen LogP contribution is -2.02.